The molecule has 0 heterocycles. The summed E-state index contributed by atoms with van der Waals surface area (Å²) < 4.78 is 0. The van der Waals surface area contributed by atoms with E-state index in [9.17, 15) is 0 Å². The van der Waals surface area contributed by atoms with E-state index in [0.717, 1.165) is 6.42 Å². The van der Waals surface area contributed by atoms with Crippen molar-refractivity contribution < 1.29 is 0 Å². The van der Waals surface area contributed by atoms with Gasteiger partial charge < -0.3 is 0 Å². The van der Waals surface area contributed by atoms with Crippen LogP contribution in [-0.2, 0) is 0 Å². The van der Waals surface area contributed by atoms with E-state index in [2.05, 4.69) is 94.8 Å². The van der Waals surface area contributed by atoms with Crippen LogP contribution in [-0.4, -0.2) is 13.3 Å². The Balaban J connectivity index is 2.37. The number of benzene rings is 2. The average molecular weight is 322 g/mol. The van der Waals surface area contributed by atoms with Crippen LogP contribution >= 0.6 is 6.60 Å². The number of hydrogen-bond donors (Lipinski definition) is 0. The van der Waals surface area contributed by atoms with E-state index >= 15 is 0 Å². The van der Waals surface area contributed by atoms with Gasteiger partial charge in [0.25, 0.3) is 0 Å². The zero-order valence-corrected chi connectivity index (χ0v) is 15.8. The Kier molecular flexibility index (Phi) is 3.85. The van der Waals surface area contributed by atoms with Gasteiger partial charge in [0, 0.05) is 0 Å². The molecule has 2 aromatic rings. The Morgan fingerprint density at radius 3 is 2.13 bits per heavy atom. The number of allylic oxidation sites excluding steroid dienone is 4. The van der Waals surface area contributed by atoms with Crippen LogP contribution in [0.1, 0.15) is 23.1 Å². The van der Waals surface area contributed by atoms with Crippen molar-refractivity contribution in [2.24, 2.45) is 0 Å². The second-order valence-corrected chi connectivity index (χ2v) is 13.2. The van der Waals surface area contributed by atoms with Gasteiger partial charge in [-0.1, -0.05) is 0 Å². The van der Waals surface area contributed by atoms with E-state index in [0.29, 0.717) is 0 Å². The summed E-state index contributed by atoms with van der Waals surface area (Å²) in [5.41, 5.74) is 4.28. The average Bonchev–Trinajstić information content (AvgIpc) is 3.09. The minimum absolute atomic E-state index is 1.08. The molecule has 2 aromatic carbocycles. The SMILES string of the molecule is Cc1ccc(P(C)(C)(C2=CC=CC2)c2ccccc2)c(C)c1C. The molecular weight excluding hydrogens is 295 g/mol. The third-order valence-electron chi connectivity index (χ3n) is 5.90. The van der Waals surface area contributed by atoms with E-state index in [1.54, 1.807) is 10.6 Å². The molecule has 1 aliphatic rings. The fourth-order valence-electron chi connectivity index (χ4n) is 3.94. The molecule has 23 heavy (non-hydrogen) atoms. The molecule has 0 aliphatic heterocycles. The first-order chi connectivity index (χ1) is 10.9. The van der Waals surface area contributed by atoms with Gasteiger partial charge in [0.05, 0.1) is 0 Å². The second-order valence-electron chi connectivity index (χ2n) is 7.40. The van der Waals surface area contributed by atoms with Crippen LogP contribution in [0.5, 0.6) is 0 Å². The molecule has 3 rings (SSSR count). The van der Waals surface area contributed by atoms with E-state index in [-0.39, 0.29) is 0 Å². The van der Waals surface area contributed by atoms with Crippen LogP contribution in [0.2, 0.25) is 0 Å². The zero-order valence-electron chi connectivity index (χ0n) is 14.9. The Bertz CT molecular complexity index is 807. The molecule has 120 valence electrons. The molecule has 1 heteroatoms. The molecule has 0 aromatic heterocycles. The van der Waals surface area contributed by atoms with Gasteiger partial charge >= 0.3 is 140 Å². The maximum absolute atomic E-state index is 2.52. The van der Waals surface area contributed by atoms with Gasteiger partial charge in [0.15, 0.2) is 0 Å². The number of aryl methyl sites for hydroxylation is 1. The van der Waals surface area contributed by atoms with E-state index in [1.807, 2.05) is 0 Å². The van der Waals surface area contributed by atoms with Crippen molar-refractivity contribution in [1.29, 1.82) is 0 Å². The molecule has 0 atom stereocenters. The molecule has 0 unspecified atom stereocenters. The first-order valence-electron chi connectivity index (χ1n) is 8.35. The van der Waals surface area contributed by atoms with Crippen molar-refractivity contribution >= 4 is 17.2 Å². The van der Waals surface area contributed by atoms with Crippen LogP contribution in [0.3, 0.4) is 0 Å². The summed E-state index contributed by atoms with van der Waals surface area (Å²) in [4.78, 5) is 0. The predicted octanol–water partition coefficient (Wildman–Crippen LogP) is 5.22. The number of rotatable bonds is 3. The Morgan fingerprint density at radius 2 is 1.52 bits per heavy atom. The van der Waals surface area contributed by atoms with Crippen molar-refractivity contribution in [2.45, 2.75) is 27.2 Å². The predicted molar refractivity (Wildman–Crippen MR) is 107 cm³/mol. The van der Waals surface area contributed by atoms with Crippen molar-refractivity contribution in [3.05, 3.63) is 82.7 Å². The van der Waals surface area contributed by atoms with Crippen molar-refractivity contribution in [2.75, 3.05) is 13.3 Å². The fraction of sp³-hybridized carbons (Fsp3) is 0.273. The number of hydrogen-bond acceptors (Lipinski definition) is 0. The van der Waals surface area contributed by atoms with Gasteiger partial charge in [0.2, 0.25) is 0 Å². The zero-order chi connectivity index (χ0) is 16.7. The fourth-order valence-corrected chi connectivity index (χ4v) is 8.80. The second kappa shape index (κ2) is 5.46. The Hall–Kier alpha value is -1.65. The summed E-state index contributed by atoms with van der Waals surface area (Å²) in [5.74, 6) is 0. The summed E-state index contributed by atoms with van der Waals surface area (Å²) in [7, 11) is 0. The molecular formula is C22H27P. The van der Waals surface area contributed by atoms with Gasteiger partial charge in [-0.3, -0.25) is 0 Å². The van der Waals surface area contributed by atoms with Crippen LogP contribution in [0.25, 0.3) is 0 Å². The van der Waals surface area contributed by atoms with Crippen LogP contribution in [0, 0.1) is 20.8 Å². The summed E-state index contributed by atoms with van der Waals surface area (Å²) in [6.07, 6.45) is 7.96. The van der Waals surface area contributed by atoms with Gasteiger partial charge in [-0.2, -0.15) is 0 Å². The Labute approximate surface area is 140 Å². The van der Waals surface area contributed by atoms with Crippen molar-refractivity contribution in [3.8, 4) is 0 Å². The molecule has 0 radical (unpaired) electrons. The molecule has 0 saturated heterocycles. The topological polar surface area (TPSA) is 0 Å². The molecule has 0 saturated carbocycles. The first kappa shape index (κ1) is 16.2. The van der Waals surface area contributed by atoms with E-state index in [4.69, 9.17) is 0 Å². The van der Waals surface area contributed by atoms with Crippen molar-refractivity contribution in [1.82, 2.24) is 0 Å². The molecule has 0 N–H and O–H groups in total. The Morgan fingerprint density at radius 1 is 0.826 bits per heavy atom. The van der Waals surface area contributed by atoms with Crippen LogP contribution in [0.15, 0.2) is 66.0 Å². The molecule has 0 bridgehead atoms. The van der Waals surface area contributed by atoms with E-state index in [1.165, 1.54) is 22.0 Å². The first-order valence-corrected chi connectivity index (χ1v) is 11.5. The molecule has 1 aliphatic carbocycles. The van der Waals surface area contributed by atoms with Gasteiger partial charge in [0.1, 0.15) is 0 Å². The minimum atomic E-state index is -2.37. The van der Waals surface area contributed by atoms with E-state index < -0.39 is 6.60 Å². The summed E-state index contributed by atoms with van der Waals surface area (Å²) >= 11 is 0. The quantitative estimate of drug-likeness (QED) is 0.680. The molecule has 0 fully saturated rings. The van der Waals surface area contributed by atoms with Crippen molar-refractivity contribution in [3.63, 3.8) is 0 Å². The normalized spacial score (nSPS) is 16.0. The third-order valence-corrected chi connectivity index (χ3v) is 11.7. The molecule has 0 nitrogen and oxygen atoms in total. The van der Waals surface area contributed by atoms with Crippen LogP contribution < -0.4 is 10.6 Å². The maximum atomic E-state index is 2.52. The summed E-state index contributed by atoms with van der Waals surface area (Å²) in [5, 5.41) is 4.62. The molecule has 0 amide bonds. The molecule has 0 spiro atoms. The standard InChI is InChI=1S/C22H27P/c1-17-15-16-22(19(3)18(17)2)23(4,5,21-13-9-10-14-21)20-11-7-6-8-12-20/h6-13,15-16H,14H2,1-5H3. The third kappa shape index (κ3) is 2.32. The van der Waals surface area contributed by atoms with Gasteiger partial charge in [-0.25, -0.2) is 0 Å². The van der Waals surface area contributed by atoms with Gasteiger partial charge in [-0.05, 0) is 0 Å². The van der Waals surface area contributed by atoms with Crippen LogP contribution in [0.4, 0.5) is 0 Å². The monoisotopic (exact) mass is 322 g/mol. The van der Waals surface area contributed by atoms with Gasteiger partial charge in [-0.15, -0.1) is 0 Å². The summed E-state index contributed by atoms with van der Waals surface area (Å²) in [6, 6.07) is 15.8. The summed E-state index contributed by atoms with van der Waals surface area (Å²) in [6.45, 7) is 9.46.